The summed E-state index contributed by atoms with van der Waals surface area (Å²) in [4.78, 5) is 12.3. The maximum Gasteiger partial charge on any atom is 0.339 e. The summed E-state index contributed by atoms with van der Waals surface area (Å²) in [6.07, 6.45) is 0. The Kier molecular flexibility index (Phi) is 5.95. The summed E-state index contributed by atoms with van der Waals surface area (Å²) in [6, 6.07) is 9.09. The number of cyclic esters (lactones) is 1. The molecule has 3 rings (SSSR count). The number of hydrogen-bond donors (Lipinski definition) is 2. The van der Waals surface area contributed by atoms with Gasteiger partial charge in [-0.2, -0.15) is 0 Å². The molecule has 1 aliphatic rings. The molecule has 148 valence electrons. The lowest BCUT2D eigenvalue weighted by molar-refractivity contribution is -0.133. The number of carbonyl (C=O) groups is 1. The Labute approximate surface area is 164 Å². The fraction of sp³-hybridized carbons (Fsp3) is 0.211. The number of aryl methyl sites for hydroxylation is 1. The summed E-state index contributed by atoms with van der Waals surface area (Å²) in [5.41, 5.74) is 3.14. The molecule has 1 heterocycles. The molecule has 0 bridgehead atoms. The molecular weight excluding hydrogens is 407 g/mol. The lowest BCUT2D eigenvalue weighted by Crippen LogP contribution is -2.00. The first-order valence-corrected chi connectivity index (χ1v) is 11.0. The maximum absolute atomic E-state index is 14.3. The molecule has 0 atom stereocenters. The summed E-state index contributed by atoms with van der Waals surface area (Å²) < 4.78 is 63.0. The zero-order valence-corrected chi connectivity index (χ0v) is 16.6. The Morgan fingerprint density at radius 1 is 0.929 bits per heavy atom. The molecule has 0 saturated carbocycles. The second-order valence-electron chi connectivity index (χ2n) is 6.36. The molecule has 0 unspecified atom stereocenters. The predicted octanol–water partition coefficient (Wildman–Crippen LogP) is 1.82. The Balaban J connectivity index is 2.05. The van der Waals surface area contributed by atoms with Gasteiger partial charge in [0.1, 0.15) is 33.8 Å². The summed E-state index contributed by atoms with van der Waals surface area (Å²) in [5, 5.41) is 0. The third-order valence-corrected chi connectivity index (χ3v) is 5.68. The van der Waals surface area contributed by atoms with Crippen LogP contribution in [-0.2, 0) is 42.4 Å². The van der Waals surface area contributed by atoms with Crippen LogP contribution in [0.4, 0.5) is 4.39 Å². The Hall–Kier alpha value is -2.52. The lowest BCUT2D eigenvalue weighted by atomic mass is 9.94. The molecule has 2 aromatic rings. The average molecular weight is 424 g/mol. The van der Waals surface area contributed by atoms with E-state index in [1.165, 1.54) is 12.1 Å². The van der Waals surface area contributed by atoms with Gasteiger partial charge in [-0.05, 0) is 35.2 Å². The van der Waals surface area contributed by atoms with Crippen molar-refractivity contribution >= 4 is 38.5 Å². The SMILES string of the molecule is Cc1cc(C2=C(c3ccc(C[SH](=O)=O)c(F)c3)COC2=O)ccc1C[SH](=O)=O. The van der Waals surface area contributed by atoms with Gasteiger partial charge in [0.2, 0.25) is 0 Å². The van der Waals surface area contributed by atoms with Crippen LogP contribution < -0.4 is 0 Å². The Morgan fingerprint density at radius 3 is 2.14 bits per heavy atom. The zero-order chi connectivity index (χ0) is 20.4. The highest BCUT2D eigenvalue weighted by Crippen LogP contribution is 2.34. The minimum Gasteiger partial charge on any atom is -0.457 e. The highest BCUT2D eigenvalue weighted by Gasteiger charge is 2.28. The first-order valence-electron chi connectivity index (χ1n) is 8.29. The van der Waals surface area contributed by atoms with E-state index in [4.69, 9.17) is 4.74 Å². The molecule has 6 nitrogen and oxygen atoms in total. The fourth-order valence-electron chi connectivity index (χ4n) is 3.10. The van der Waals surface area contributed by atoms with Gasteiger partial charge >= 0.3 is 5.97 Å². The van der Waals surface area contributed by atoms with Crippen LogP contribution in [0.5, 0.6) is 0 Å². The molecule has 0 radical (unpaired) electrons. The molecule has 2 aromatic carbocycles. The number of ether oxygens (including phenoxy) is 1. The van der Waals surface area contributed by atoms with Crippen LogP contribution in [0.1, 0.15) is 27.8 Å². The van der Waals surface area contributed by atoms with Crippen LogP contribution >= 0.6 is 0 Å². The highest BCUT2D eigenvalue weighted by atomic mass is 32.2. The second kappa shape index (κ2) is 8.24. The van der Waals surface area contributed by atoms with Crippen molar-refractivity contribution in [3.05, 3.63) is 70.0 Å². The molecule has 9 heteroatoms. The van der Waals surface area contributed by atoms with E-state index in [0.717, 1.165) is 0 Å². The van der Waals surface area contributed by atoms with E-state index < -0.39 is 38.9 Å². The fourth-order valence-corrected chi connectivity index (χ4v) is 4.26. The van der Waals surface area contributed by atoms with E-state index >= 15 is 0 Å². The van der Waals surface area contributed by atoms with Gasteiger partial charge in [-0.1, -0.05) is 30.3 Å². The van der Waals surface area contributed by atoms with Gasteiger partial charge in [-0.15, -0.1) is 0 Å². The van der Waals surface area contributed by atoms with Crippen molar-refractivity contribution in [3.8, 4) is 0 Å². The van der Waals surface area contributed by atoms with Crippen LogP contribution in [0.15, 0.2) is 36.4 Å². The number of carbonyl (C=O) groups excluding carboxylic acids is 1. The smallest absolute Gasteiger partial charge is 0.339 e. The second-order valence-corrected chi connectivity index (χ2v) is 8.32. The van der Waals surface area contributed by atoms with E-state index in [-0.39, 0.29) is 23.5 Å². The number of hydrogen-bond acceptors (Lipinski definition) is 6. The van der Waals surface area contributed by atoms with Gasteiger partial charge in [-0.25, -0.2) is 26.0 Å². The van der Waals surface area contributed by atoms with Crippen molar-refractivity contribution in [2.75, 3.05) is 6.61 Å². The third-order valence-electron chi connectivity index (χ3n) is 4.49. The van der Waals surface area contributed by atoms with Crippen molar-refractivity contribution < 1.29 is 30.8 Å². The van der Waals surface area contributed by atoms with Gasteiger partial charge in [0.05, 0.1) is 17.1 Å². The van der Waals surface area contributed by atoms with E-state index in [9.17, 15) is 26.0 Å². The van der Waals surface area contributed by atoms with Gasteiger partial charge in [0.15, 0.2) is 0 Å². The Morgan fingerprint density at radius 2 is 1.54 bits per heavy atom. The van der Waals surface area contributed by atoms with Crippen molar-refractivity contribution in [3.63, 3.8) is 0 Å². The molecular formula is C19H17FO6S2. The molecule has 0 saturated heterocycles. The number of esters is 1. The molecule has 1 aliphatic heterocycles. The average Bonchev–Trinajstić information content (AvgIpc) is 2.99. The quantitative estimate of drug-likeness (QED) is 0.543. The largest absolute Gasteiger partial charge is 0.457 e. The first-order chi connectivity index (χ1) is 13.3. The molecule has 0 fully saturated rings. The summed E-state index contributed by atoms with van der Waals surface area (Å²) in [6.45, 7) is 1.72. The van der Waals surface area contributed by atoms with Crippen LogP contribution in [0.3, 0.4) is 0 Å². The third kappa shape index (κ3) is 4.31. The standard InChI is InChI=1S/C19H17FO6S2/c1-11-6-13(3-4-14(11)9-27(22)23)18-16(8-26-19(18)21)12-2-5-15(10-28(24)25)17(20)7-12/h2-7,27-28H,8-10H2,1H3. The summed E-state index contributed by atoms with van der Waals surface area (Å²) >= 11 is 0. The van der Waals surface area contributed by atoms with E-state index in [2.05, 4.69) is 0 Å². The maximum atomic E-state index is 14.3. The minimum absolute atomic E-state index is 0.0318. The predicted molar refractivity (Wildman–Crippen MR) is 103 cm³/mol. The van der Waals surface area contributed by atoms with Gasteiger partial charge in [-0.3, -0.25) is 0 Å². The van der Waals surface area contributed by atoms with Crippen molar-refractivity contribution in [1.29, 1.82) is 0 Å². The van der Waals surface area contributed by atoms with Crippen molar-refractivity contribution in [2.24, 2.45) is 0 Å². The number of thiol groups is 2. The zero-order valence-electron chi connectivity index (χ0n) is 14.8. The van der Waals surface area contributed by atoms with E-state index in [0.29, 0.717) is 27.8 Å². The molecule has 0 aliphatic carbocycles. The first kappa shape index (κ1) is 20.2. The summed E-state index contributed by atoms with van der Waals surface area (Å²) in [5.74, 6) is -1.71. The molecule has 0 spiro atoms. The normalized spacial score (nSPS) is 14.2. The molecule has 28 heavy (non-hydrogen) atoms. The van der Waals surface area contributed by atoms with Crippen molar-refractivity contribution in [2.45, 2.75) is 18.4 Å². The minimum atomic E-state index is -2.75. The van der Waals surface area contributed by atoms with Gasteiger partial charge in [0.25, 0.3) is 0 Å². The van der Waals surface area contributed by atoms with Gasteiger partial charge in [0, 0.05) is 11.1 Å². The van der Waals surface area contributed by atoms with Crippen molar-refractivity contribution in [1.82, 2.24) is 0 Å². The highest BCUT2D eigenvalue weighted by molar-refractivity contribution is 7.71. The number of halogens is 1. The van der Waals surface area contributed by atoms with Crippen LogP contribution in [0, 0.1) is 12.7 Å². The lowest BCUT2D eigenvalue weighted by Gasteiger charge is -2.09. The van der Waals surface area contributed by atoms with E-state index in [1.807, 2.05) is 0 Å². The topological polar surface area (TPSA) is 94.6 Å². The summed E-state index contributed by atoms with van der Waals surface area (Å²) in [7, 11) is -5.32. The molecule has 0 N–H and O–H groups in total. The number of benzene rings is 2. The van der Waals surface area contributed by atoms with E-state index in [1.54, 1.807) is 31.2 Å². The Bertz CT molecular complexity index is 1130. The monoisotopic (exact) mass is 424 g/mol. The number of rotatable bonds is 6. The van der Waals surface area contributed by atoms with Crippen LogP contribution in [-0.4, -0.2) is 29.4 Å². The van der Waals surface area contributed by atoms with Gasteiger partial charge < -0.3 is 4.74 Å². The molecule has 0 amide bonds. The molecule has 0 aromatic heterocycles. The van der Waals surface area contributed by atoms with Crippen LogP contribution in [0.25, 0.3) is 11.1 Å². The van der Waals surface area contributed by atoms with Crippen LogP contribution in [0.2, 0.25) is 0 Å².